The van der Waals surface area contributed by atoms with E-state index in [9.17, 15) is 4.79 Å². The zero-order valence-corrected chi connectivity index (χ0v) is 17.5. The highest BCUT2D eigenvalue weighted by molar-refractivity contribution is 5.47. The number of methoxy groups -OCH3 is 1. The van der Waals surface area contributed by atoms with Crippen molar-refractivity contribution in [1.82, 2.24) is 24.6 Å². The number of aromatic amines is 1. The smallest absolute Gasteiger partial charge is 0.256 e. The third kappa shape index (κ3) is 3.66. The molecule has 4 aromatic rings. The molecule has 8 nitrogen and oxygen atoms in total. The van der Waals surface area contributed by atoms with E-state index in [1.54, 1.807) is 25.5 Å². The molecule has 3 aromatic heterocycles. The minimum atomic E-state index is -0.105. The van der Waals surface area contributed by atoms with Crippen LogP contribution in [0.2, 0.25) is 0 Å². The maximum absolute atomic E-state index is 12.7. The Balaban J connectivity index is 1.35. The highest BCUT2D eigenvalue weighted by Gasteiger charge is 2.23. The topological polar surface area (TPSA) is 89.2 Å². The summed E-state index contributed by atoms with van der Waals surface area (Å²) in [6.07, 6.45) is 4.20. The van der Waals surface area contributed by atoms with Crippen molar-refractivity contribution < 1.29 is 9.15 Å². The molecule has 158 valence electrons. The number of ether oxygens (including phenoxy) is 1. The number of H-pyrrole nitrogens is 1. The molecule has 1 aliphatic heterocycles. The van der Waals surface area contributed by atoms with Crippen molar-refractivity contribution in [1.29, 1.82) is 0 Å². The minimum Gasteiger partial charge on any atom is -0.497 e. The summed E-state index contributed by atoms with van der Waals surface area (Å²) in [7, 11) is 1.65. The van der Waals surface area contributed by atoms with Crippen molar-refractivity contribution >= 4 is 0 Å². The van der Waals surface area contributed by atoms with Gasteiger partial charge in [-0.05, 0) is 43.3 Å². The molecule has 0 spiro atoms. The summed E-state index contributed by atoms with van der Waals surface area (Å²) in [5.41, 5.74) is 4.66. The first-order valence-corrected chi connectivity index (χ1v) is 10.2. The zero-order valence-electron chi connectivity index (χ0n) is 17.5. The second kappa shape index (κ2) is 7.88. The number of hydrogen-bond donors (Lipinski definition) is 1. The van der Waals surface area contributed by atoms with E-state index >= 15 is 0 Å². The Kier molecular flexibility index (Phi) is 4.91. The van der Waals surface area contributed by atoms with Crippen molar-refractivity contribution in [3.05, 3.63) is 81.7 Å². The van der Waals surface area contributed by atoms with Gasteiger partial charge in [0.15, 0.2) is 11.6 Å². The van der Waals surface area contributed by atoms with Crippen LogP contribution in [0.5, 0.6) is 5.75 Å². The molecule has 4 heterocycles. The van der Waals surface area contributed by atoms with E-state index in [1.807, 2.05) is 35.1 Å². The van der Waals surface area contributed by atoms with Gasteiger partial charge < -0.3 is 14.1 Å². The van der Waals surface area contributed by atoms with Crippen molar-refractivity contribution in [2.75, 3.05) is 13.7 Å². The SMILES string of the molecule is COc1ccc(-n2ncc(CN3CCc4nc(-c5ccco5)[nH]c(=O)c4C3)c2C)cc1. The Bertz CT molecular complexity index is 1260. The van der Waals surface area contributed by atoms with Crippen LogP contribution in [-0.4, -0.2) is 38.3 Å². The first kappa shape index (κ1) is 19.3. The lowest BCUT2D eigenvalue weighted by molar-refractivity contribution is 0.241. The molecule has 0 aliphatic carbocycles. The van der Waals surface area contributed by atoms with Crippen LogP contribution in [0, 0.1) is 6.92 Å². The monoisotopic (exact) mass is 417 g/mol. The fourth-order valence-corrected chi connectivity index (χ4v) is 3.97. The van der Waals surface area contributed by atoms with Crippen LogP contribution in [0.25, 0.3) is 17.3 Å². The molecule has 1 N–H and O–H groups in total. The summed E-state index contributed by atoms with van der Waals surface area (Å²) in [5.74, 6) is 1.87. The average Bonchev–Trinajstić information content (AvgIpc) is 3.45. The molecule has 0 saturated heterocycles. The van der Waals surface area contributed by atoms with E-state index in [4.69, 9.17) is 9.15 Å². The van der Waals surface area contributed by atoms with E-state index in [0.29, 0.717) is 18.1 Å². The van der Waals surface area contributed by atoms with Gasteiger partial charge in [0.1, 0.15) is 5.75 Å². The number of furan rings is 1. The molecule has 1 aromatic carbocycles. The van der Waals surface area contributed by atoms with Gasteiger partial charge in [0, 0.05) is 37.3 Å². The first-order chi connectivity index (χ1) is 15.1. The highest BCUT2D eigenvalue weighted by Crippen LogP contribution is 2.22. The second-order valence-electron chi connectivity index (χ2n) is 7.64. The van der Waals surface area contributed by atoms with Gasteiger partial charge in [0.2, 0.25) is 0 Å². The zero-order chi connectivity index (χ0) is 21.4. The van der Waals surface area contributed by atoms with E-state index in [-0.39, 0.29) is 5.56 Å². The van der Waals surface area contributed by atoms with E-state index in [2.05, 4.69) is 26.9 Å². The highest BCUT2D eigenvalue weighted by atomic mass is 16.5. The molecule has 0 saturated carbocycles. The lowest BCUT2D eigenvalue weighted by Crippen LogP contribution is -2.35. The van der Waals surface area contributed by atoms with Crippen LogP contribution in [0.4, 0.5) is 0 Å². The number of benzene rings is 1. The quantitative estimate of drug-likeness (QED) is 0.537. The Hall–Kier alpha value is -3.65. The third-order valence-electron chi connectivity index (χ3n) is 5.72. The average molecular weight is 417 g/mol. The van der Waals surface area contributed by atoms with E-state index in [0.717, 1.165) is 53.5 Å². The van der Waals surface area contributed by atoms with Crippen LogP contribution in [0.15, 0.2) is 58.1 Å². The summed E-state index contributed by atoms with van der Waals surface area (Å²) >= 11 is 0. The predicted octanol–water partition coefficient (Wildman–Crippen LogP) is 3.09. The molecule has 0 bridgehead atoms. The standard InChI is InChI=1S/C23H23N5O3/c1-15-16(12-24-28(15)17-5-7-18(30-2)8-6-17)13-27-10-9-20-19(14-27)23(29)26-22(25-20)21-4-3-11-31-21/h3-8,11-12H,9-10,13-14H2,1-2H3,(H,25,26,29). The molecule has 31 heavy (non-hydrogen) atoms. The van der Waals surface area contributed by atoms with Gasteiger partial charge in [-0.15, -0.1) is 0 Å². The fourth-order valence-electron chi connectivity index (χ4n) is 3.97. The van der Waals surface area contributed by atoms with Crippen LogP contribution < -0.4 is 10.3 Å². The molecule has 0 atom stereocenters. The van der Waals surface area contributed by atoms with E-state index in [1.165, 1.54) is 0 Å². The van der Waals surface area contributed by atoms with Crippen molar-refractivity contribution in [3.8, 4) is 23.0 Å². The molecular formula is C23H23N5O3. The fraction of sp³-hybridized carbons (Fsp3) is 0.261. The Labute approximate surface area is 179 Å². The summed E-state index contributed by atoms with van der Waals surface area (Å²) in [5, 5.41) is 4.57. The number of rotatable bonds is 5. The Morgan fingerprint density at radius 3 is 2.81 bits per heavy atom. The summed E-state index contributed by atoms with van der Waals surface area (Å²) in [6.45, 7) is 4.17. The number of hydrogen-bond acceptors (Lipinski definition) is 6. The lowest BCUT2D eigenvalue weighted by atomic mass is 10.1. The maximum atomic E-state index is 12.7. The van der Waals surface area contributed by atoms with Gasteiger partial charge in [-0.2, -0.15) is 5.10 Å². The van der Waals surface area contributed by atoms with Gasteiger partial charge >= 0.3 is 0 Å². The van der Waals surface area contributed by atoms with Gasteiger partial charge in [-0.1, -0.05) is 0 Å². The van der Waals surface area contributed by atoms with Gasteiger partial charge in [-0.25, -0.2) is 9.67 Å². The Morgan fingerprint density at radius 1 is 1.23 bits per heavy atom. The number of nitrogens with zero attached hydrogens (tertiary/aromatic N) is 4. The van der Waals surface area contributed by atoms with Crippen molar-refractivity contribution in [2.24, 2.45) is 0 Å². The van der Waals surface area contributed by atoms with Crippen LogP contribution in [0.1, 0.15) is 22.5 Å². The molecule has 0 unspecified atom stereocenters. The minimum absolute atomic E-state index is 0.105. The van der Waals surface area contributed by atoms with Gasteiger partial charge in [-0.3, -0.25) is 9.69 Å². The summed E-state index contributed by atoms with van der Waals surface area (Å²) < 4.78 is 12.5. The van der Waals surface area contributed by atoms with E-state index < -0.39 is 0 Å². The van der Waals surface area contributed by atoms with Gasteiger partial charge in [0.25, 0.3) is 5.56 Å². The molecular weight excluding hydrogens is 394 g/mol. The van der Waals surface area contributed by atoms with Crippen molar-refractivity contribution in [3.63, 3.8) is 0 Å². The summed E-state index contributed by atoms with van der Waals surface area (Å²) in [4.78, 5) is 22.4. The number of aromatic nitrogens is 4. The lowest BCUT2D eigenvalue weighted by Gasteiger charge is -2.27. The van der Waals surface area contributed by atoms with Crippen LogP contribution in [0.3, 0.4) is 0 Å². The largest absolute Gasteiger partial charge is 0.497 e. The normalized spacial score (nSPS) is 13.9. The van der Waals surface area contributed by atoms with Gasteiger partial charge in [0.05, 0.1) is 36.5 Å². The van der Waals surface area contributed by atoms with Crippen LogP contribution >= 0.6 is 0 Å². The second-order valence-corrected chi connectivity index (χ2v) is 7.64. The predicted molar refractivity (Wildman–Crippen MR) is 115 cm³/mol. The molecule has 0 radical (unpaired) electrons. The molecule has 0 amide bonds. The molecule has 1 aliphatic rings. The number of nitrogens with one attached hydrogen (secondary N) is 1. The molecule has 0 fully saturated rings. The third-order valence-corrected chi connectivity index (χ3v) is 5.72. The molecule has 5 rings (SSSR count). The maximum Gasteiger partial charge on any atom is 0.256 e. The Morgan fingerprint density at radius 2 is 2.06 bits per heavy atom. The number of fused-ring (bicyclic) bond motifs is 1. The first-order valence-electron chi connectivity index (χ1n) is 10.2. The molecule has 8 heteroatoms. The van der Waals surface area contributed by atoms with Crippen LogP contribution in [-0.2, 0) is 19.5 Å². The summed E-state index contributed by atoms with van der Waals surface area (Å²) in [6, 6.07) is 11.4. The van der Waals surface area contributed by atoms with Crippen molar-refractivity contribution in [2.45, 2.75) is 26.4 Å².